The van der Waals surface area contributed by atoms with Gasteiger partial charge in [-0.25, -0.2) is 0 Å². The Morgan fingerprint density at radius 3 is 2.29 bits per heavy atom. The molecule has 1 fully saturated rings. The lowest BCUT2D eigenvalue weighted by atomic mass is 10.1. The Balaban J connectivity index is 1.89. The van der Waals surface area contributed by atoms with Crippen LogP contribution in [0.5, 0.6) is 0 Å². The van der Waals surface area contributed by atoms with E-state index < -0.39 is 11.7 Å². The Morgan fingerprint density at radius 1 is 1.10 bits per heavy atom. The molecule has 1 aliphatic rings. The molecule has 0 spiro atoms. The number of hydrogen-bond donors (Lipinski definition) is 1. The summed E-state index contributed by atoms with van der Waals surface area (Å²) in [4.78, 5) is 0. The van der Waals surface area contributed by atoms with Crippen molar-refractivity contribution in [3.05, 3.63) is 36.0 Å². The van der Waals surface area contributed by atoms with Crippen LogP contribution >= 0.6 is 0 Å². The number of benzene rings is 1. The molecule has 0 aliphatic heterocycles. The Morgan fingerprint density at radius 2 is 1.71 bits per heavy atom. The molecule has 0 unspecified atom stereocenters. The molecule has 1 aromatic heterocycles. The van der Waals surface area contributed by atoms with Crippen molar-refractivity contribution in [2.45, 2.75) is 37.9 Å². The molecule has 1 aliphatic carbocycles. The molecule has 2 N–H and O–H groups in total. The van der Waals surface area contributed by atoms with E-state index >= 15 is 0 Å². The molecule has 1 heterocycles. The first-order valence-corrected chi connectivity index (χ1v) is 6.97. The van der Waals surface area contributed by atoms with Gasteiger partial charge < -0.3 is 5.73 Å². The van der Waals surface area contributed by atoms with Gasteiger partial charge in [0.15, 0.2) is 0 Å². The van der Waals surface area contributed by atoms with Crippen molar-refractivity contribution >= 4 is 5.69 Å². The van der Waals surface area contributed by atoms with Crippen LogP contribution in [0.3, 0.4) is 0 Å². The third kappa shape index (κ3) is 2.75. The average Bonchev–Trinajstić information content (AvgIpc) is 3.07. The fourth-order valence-electron chi connectivity index (χ4n) is 2.80. The van der Waals surface area contributed by atoms with Gasteiger partial charge in [-0.3, -0.25) is 4.68 Å². The number of anilines is 1. The zero-order chi connectivity index (χ0) is 15.0. The van der Waals surface area contributed by atoms with Gasteiger partial charge in [-0.05, 0) is 25.0 Å². The molecule has 0 atom stereocenters. The third-order valence-corrected chi connectivity index (χ3v) is 3.94. The molecule has 1 aromatic carbocycles. The van der Waals surface area contributed by atoms with E-state index in [1.807, 2.05) is 4.68 Å². The molecular formula is C15H16F3N3. The topological polar surface area (TPSA) is 43.8 Å². The third-order valence-electron chi connectivity index (χ3n) is 3.94. The normalized spacial score (nSPS) is 16.5. The maximum absolute atomic E-state index is 12.6. The number of halogens is 3. The van der Waals surface area contributed by atoms with Crippen LogP contribution in [0.15, 0.2) is 30.5 Å². The van der Waals surface area contributed by atoms with Gasteiger partial charge in [0.1, 0.15) is 5.69 Å². The standard InChI is InChI=1S/C15H16F3N3/c16-15(17,18)11-7-5-10(6-8-11)14-13(19)9-21(20-14)12-3-1-2-4-12/h5-9,12H,1-4,19H2. The Labute approximate surface area is 120 Å². The molecule has 0 radical (unpaired) electrons. The first-order chi connectivity index (χ1) is 9.95. The molecule has 1 saturated carbocycles. The van der Waals surface area contributed by atoms with Crippen LogP contribution in [0.2, 0.25) is 0 Å². The number of nitrogens with zero attached hydrogens (tertiary/aromatic N) is 2. The van der Waals surface area contributed by atoms with E-state index in [2.05, 4.69) is 5.10 Å². The first kappa shape index (κ1) is 14.0. The van der Waals surface area contributed by atoms with Crippen molar-refractivity contribution in [2.75, 3.05) is 5.73 Å². The number of rotatable bonds is 2. The van der Waals surface area contributed by atoms with E-state index in [1.165, 1.54) is 25.0 Å². The van der Waals surface area contributed by atoms with Crippen molar-refractivity contribution in [3.8, 4) is 11.3 Å². The Kier molecular flexibility index (Phi) is 3.39. The number of hydrogen-bond acceptors (Lipinski definition) is 2. The van der Waals surface area contributed by atoms with Gasteiger partial charge in [-0.2, -0.15) is 18.3 Å². The molecule has 3 nitrogen and oxygen atoms in total. The van der Waals surface area contributed by atoms with E-state index in [9.17, 15) is 13.2 Å². The monoisotopic (exact) mass is 295 g/mol. The Bertz CT molecular complexity index is 623. The van der Waals surface area contributed by atoms with Gasteiger partial charge in [0.05, 0.1) is 17.3 Å². The molecule has 21 heavy (non-hydrogen) atoms. The summed E-state index contributed by atoms with van der Waals surface area (Å²) in [6.45, 7) is 0. The lowest BCUT2D eigenvalue weighted by molar-refractivity contribution is -0.137. The summed E-state index contributed by atoms with van der Waals surface area (Å²) in [6, 6.07) is 5.31. The van der Waals surface area contributed by atoms with Gasteiger partial charge in [-0.15, -0.1) is 0 Å². The van der Waals surface area contributed by atoms with Crippen molar-refractivity contribution < 1.29 is 13.2 Å². The Hall–Kier alpha value is -1.98. The van der Waals surface area contributed by atoms with Crippen molar-refractivity contribution in [3.63, 3.8) is 0 Å². The summed E-state index contributed by atoms with van der Waals surface area (Å²) in [6.07, 6.45) is 1.97. The predicted octanol–water partition coefficient (Wildman–Crippen LogP) is 4.27. The van der Waals surface area contributed by atoms with E-state index in [-0.39, 0.29) is 0 Å². The molecule has 3 rings (SSSR count). The van der Waals surface area contributed by atoms with Gasteiger partial charge in [0.25, 0.3) is 0 Å². The zero-order valence-electron chi connectivity index (χ0n) is 11.4. The fourth-order valence-corrected chi connectivity index (χ4v) is 2.80. The predicted molar refractivity (Wildman–Crippen MR) is 74.6 cm³/mol. The largest absolute Gasteiger partial charge is 0.416 e. The van der Waals surface area contributed by atoms with Crippen LogP contribution in [-0.2, 0) is 6.18 Å². The molecular weight excluding hydrogens is 279 g/mol. The number of nitrogens with two attached hydrogens (primary N) is 1. The molecule has 6 heteroatoms. The maximum Gasteiger partial charge on any atom is 0.416 e. The number of nitrogen functional groups attached to an aromatic ring is 1. The van der Waals surface area contributed by atoms with Crippen molar-refractivity contribution in [1.29, 1.82) is 0 Å². The van der Waals surface area contributed by atoms with Gasteiger partial charge in [0.2, 0.25) is 0 Å². The summed E-state index contributed by atoms with van der Waals surface area (Å²) in [7, 11) is 0. The van der Waals surface area contributed by atoms with Crippen molar-refractivity contribution in [2.24, 2.45) is 0 Å². The molecule has 2 aromatic rings. The van der Waals surface area contributed by atoms with E-state index in [4.69, 9.17) is 5.73 Å². The van der Waals surface area contributed by atoms with E-state index in [1.54, 1.807) is 6.20 Å². The second kappa shape index (κ2) is 5.09. The van der Waals surface area contributed by atoms with Gasteiger partial charge in [0, 0.05) is 11.8 Å². The number of aromatic nitrogens is 2. The molecule has 0 bridgehead atoms. The van der Waals surface area contributed by atoms with Crippen molar-refractivity contribution in [1.82, 2.24) is 9.78 Å². The minimum Gasteiger partial charge on any atom is -0.396 e. The van der Waals surface area contributed by atoms with Crippen LogP contribution in [0.1, 0.15) is 37.3 Å². The summed E-state index contributed by atoms with van der Waals surface area (Å²) < 4.78 is 39.6. The smallest absolute Gasteiger partial charge is 0.396 e. The summed E-state index contributed by atoms with van der Waals surface area (Å²) >= 11 is 0. The van der Waals surface area contributed by atoms with Crippen LogP contribution in [0.4, 0.5) is 18.9 Å². The highest BCUT2D eigenvalue weighted by molar-refractivity contribution is 5.72. The first-order valence-electron chi connectivity index (χ1n) is 6.97. The molecule has 0 saturated heterocycles. The fraction of sp³-hybridized carbons (Fsp3) is 0.400. The summed E-state index contributed by atoms with van der Waals surface area (Å²) in [5.74, 6) is 0. The summed E-state index contributed by atoms with van der Waals surface area (Å²) in [5, 5.41) is 4.46. The van der Waals surface area contributed by atoms with Gasteiger partial charge in [-0.1, -0.05) is 25.0 Å². The minimum atomic E-state index is -4.33. The van der Waals surface area contributed by atoms with Crippen LogP contribution in [0.25, 0.3) is 11.3 Å². The SMILES string of the molecule is Nc1cn(C2CCCC2)nc1-c1ccc(C(F)(F)F)cc1. The second-order valence-corrected chi connectivity index (χ2v) is 5.43. The highest BCUT2D eigenvalue weighted by atomic mass is 19.4. The zero-order valence-corrected chi connectivity index (χ0v) is 11.4. The van der Waals surface area contributed by atoms with E-state index in [0.717, 1.165) is 25.0 Å². The highest BCUT2D eigenvalue weighted by Gasteiger charge is 2.30. The van der Waals surface area contributed by atoms with Crippen LogP contribution in [-0.4, -0.2) is 9.78 Å². The average molecular weight is 295 g/mol. The molecule has 112 valence electrons. The second-order valence-electron chi connectivity index (χ2n) is 5.43. The van der Waals surface area contributed by atoms with Crippen LogP contribution in [0, 0.1) is 0 Å². The van der Waals surface area contributed by atoms with Crippen LogP contribution < -0.4 is 5.73 Å². The lowest BCUT2D eigenvalue weighted by Gasteiger charge is -2.09. The molecule has 0 amide bonds. The number of alkyl halides is 3. The lowest BCUT2D eigenvalue weighted by Crippen LogP contribution is -2.05. The van der Waals surface area contributed by atoms with E-state index in [0.29, 0.717) is 23.0 Å². The summed E-state index contributed by atoms with van der Waals surface area (Å²) in [5.41, 5.74) is 6.95. The van der Waals surface area contributed by atoms with Gasteiger partial charge >= 0.3 is 6.18 Å². The highest BCUT2D eigenvalue weighted by Crippen LogP contribution is 2.34. The minimum absolute atomic E-state index is 0.357. The quantitative estimate of drug-likeness (QED) is 0.899. The maximum atomic E-state index is 12.6.